The molecule has 1 aromatic rings. The lowest BCUT2D eigenvalue weighted by Crippen LogP contribution is -1.98. The van der Waals surface area contributed by atoms with Gasteiger partial charge in [-0.3, -0.25) is 0 Å². The normalized spacial score (nSPS) is 25.9. The van der Waals surface area contributed by atoms with E-state index in [-0.39, 0.29) is 0 Å². The van der Waals surface area contributed by atoms with E-state index in [1.165, 1.54) is 16.7 Å². The number of allylic oxidation sites excluding steroid dienone is 4. The van der Waals surface area contributed by atoms with Crippen LogP contribution < -0.4 is 5.73 Å². The average Bonchev–Trinajstić information content (AvgIpc) is 2.73. The van der Waals surface area contributed by atoms with Crippen molar-refractivity contribution >= 4 is 5.69 Å². The first-order chi connectivity index (χ1) is 7.20. The van der Waals surface area contributed by atoms with Crippen LogP contribution in [0.3, 0.4) is 0 Å². The highest BCUT2D eigenvalue weighted by molar-refractivity contribution is 5.68. The highest BCUT2D eigenvalue weighted by Crippen LogP contribution is 2.55. The van der Waals surface area contributed by atoms with Crippen LogP contribution in [0.4, 0.5) is 5.69 Å². The fourth-order valence-electron chi connectivity index (χ4n) is 3.00. The van der Waals surface area contributed by atoms with Crippen molar-refractivity contribution in [3.05, 3.63) is 52.6 Å². The van der Waals surface area contributed by atoms with Gasteiger partial charge in [0, 0.05) is 17.5 Å². The van der Waals surface area contributed by atoms with Gasteiger partial charge in [-0.15, -0.1) is 0 Å². The van der Waals surface area contributed by atoms with Gasteiger partial charge in [-0.2, -0.15) is 0 Å². The van der Waals surface area contributed by atoms with Crippen LogP contribution >= 0.6 is 0 Å². The zero-order chi connectivity index (χ0) is 10.6. The van der Waals surface area contributed by atoms with Crippen molar-refractivity contribution in [3.8, 4) is 0 Å². The molecule has 2 bridgehead atoms. The summed E-state index contributed by atoms with van der Waals surface area (Å²) in [5.41, 5.74) is 12.8. The molecule has 2 aliphatic carbocycles. The summed E-state index contributed by atoms with van der Waals surface area (Å²) < 4.78 is 0. The molecule has 1 nitrogen and oxygen atoms in total. The second kappa shape index (κ2) is 2.75. The van der Waals surface area contributed by atoms with Crippen LogP contribution in [-0.4, -0.2) is 0 Å². The first-order valence-corrected chi connectivity index (χ1v) is 5.44. The Bertz CT molecular complexity index is 490. The van der Waals surface area contributed by atoms with Crippen LogP contribution in [0, 0.1) is 0 Å². The lowest BCUT2D eigenvalue weighted by atomic mass is 9.95. The molecular formula is C14H15N. The summed E-state index contributed by atoms with van der Waals surface area (Å²) >= 11 is 0. The van der Waals surface area contributed by atoms with Gasteiger partial charge in [0.25, 0.3) is 0 Å². The van der Waals surface area contributed by atoms with Crippen LogP contribution in [0.1, 0.15) is 36.8 Å². The largest absolute Gasteiger partial charge is 0.398 e. The van der Waals surface area contributed by atoms with E-state index in [9.17, 15) is 0 Å². The number of benzene rings is 1. The van der Waals surface area contributed by atoms with Crippen molar-refractivity contribution in [2.45, 2.75) is 25.7 Å². The van der Waals surface area contributed by atoms with Crippen molar-refractivity contribution in [2.75, 3.05) is 5.73 Å². The molecule has 0 radical (unpaired) electrons. The van der Waals surface area contributed by atoms with Crippen molar-refractivity contribution in [3.63, 3.8) is 0 Å². The summed E-state index contributed by atoms with van der Waals surface area (Å²) in [4.78, 5) is 0. The summed E-state index contributed by atoms with van der Waals surface area (Å²) in [5.74, 6) is 0.953. The molecule has 0 aliphatic heterocycles. The number of hydrogen-bond donors (Lipinski definition) is 1. The minimum absolute atomic E-state index is 0.455. The second-order valence-corrected chi connectivity index (χ2v) is 4.65. The molecule has 1 aromatic carbocycles. The van der Waals surface area contributed by atoms with Gasteiger partial charge in [-0.05, 0) is 36.6 Å². The summed E-state index contributed by atoms with van der Waals surface area (Å²) in [6.45, 7) is 4.40. The number of anilines is 1. The highest BCUT2D eigenvalue weighted by atomic mass is 14.6. The predicted molar refractivity (Wildman–Crippen MR) is 63.9 cm³/mol. The van der Waals surface area contributed by atoms with E-state index in [0.29, 0.717) is 11.8 Å². The van der Waals surface area contributed by atoms with E-state index >= 15 is 0 Å². The Balaban J connectivity index is 2.29. The van der Waals surface area contributed by atoms with Gasteiger partial charge in [-0.25, -0.2) is 0 Å². The summed E-state index contributed by atoms with van der Waals surface area (Å²) in [7, 11) is 0. The number of fused-ring (bicyclic) bond motifs is 5. The van der Waals surface area contributed by atoms with Crippen LogP contribution in [0.2, 0.25) is 0 Å². The van der Waals surface area contributed by atoms with Gasteiger partial charge in [0.1, 0.15) is 0 Å². The molecule has 2 aliphatic rings. The number of nitrogens with two attached hydrogens (primary N) is 1. The van der Waals surface area contributed by atoms with Gasteiger partial charge in [-0.1, -0.05) is 29.9 Å². The third-order valence-corrected chi connectivity index (χ3v) is 3.56. The quantitative estimate of drug-likeness (QED) is 0.501. The van der Waals surface area contributed by atoms with Crippen LogP contribution in [0.5, 0.6) is 0 Å². The molecule has 1 heteroatoms. The van der Waals surface area contributed by atoms with E-state index in [0.717, 1.165) is 5.69 Å². The molecule has 2 atom stereocenters. The molecule has 0 aromatic heterocycles. The van der Waals surface area contributed by atoms with Crippen LogP contribution in [0.15, 0.2) is 41.5 Å². The minimum atomic E-state index is 0.455. The van der Waals surface area contributed by atoms with E-state index in [4.69, 9.17) is 5.73 Å². The Hall–Kier alpha value is -1.50. The Kier molecular flexibility index (Phi) is 1.61. The summed E-state index contributed by atoms with van der Waals surface area (Å²) in [6.07, 6.45) is 4.61. The van der Waals surface area contributed by atoms with Gasteiger partial charge in [0.2, 0.25) is 0 Å². The molecular weight excluding hydrogens is 182 g/mol. The third-order valence-electron chi connectivity index (χ3n) is 3.56. The van der Waals surface area contributed by atoms with Gasteiger partial charge in [0.05, 0.1) is 0 Å². The number of rotatable bonds is 0. The molecule has 15 heavy (non-hydrogen) atoms. The van der Waals surface area contributed by atoms with Gasteiger partial charge < -0.3 is 5.73 Å². The van der Waals surface area contributed by atoms with E-state index in [2.05, 4.69) is 38.1 Å². The zero-order valence-corrected chi connectivity index (χ0v) is 9.12. The van der Waals surface area contributed by atoms with Crippen LogP contribution in [-0.2, 0) is 0 Å². The molecule has 3 rings (SSSR count). The maximum Gasteiger partial charge on any atom is 0.0359 e. The first kappa shape index (κ1) is 8.78. The molecule has 0 amide bonds. The summed E-state index contributed by atoms with van der Waals surface area (Å²) in [6, 6.07) is 6.28. The number of nitrogen functional groups attached to an aromatic ring is 1. The van der Waals surface area contributed by atoms with Crippen molar-refractivity contribution in [1.29, 1.82) is 0 Å². The second-order valence-electron chi connectivity index (χ2n) is 4.65. The van der Waals surface area contributed by atoms with Crippen molar-refractivity contribution < 1.29 is 0 Å². The lowest BCUT2D eigenvalue weighted by Gasteiger charge is -2.11. The van der Waals surface area contributed by atoms with E-state index < -0.39 is 0 Å². The molecule has 0 spiro atoms. The number of hydrogen-bond acceptors (Lipinski definition) is 1. The molecule has 0 saturated carbocycles. The third kappa shape index (κ3) is 0.980. The maximum absolute atomic E-state index is 6.06. The first-order valence-electron chi connectivity index (χ1n) is 5.44. The fraction of sp³-hybridized carbons (Fsp3) is 0.286. The molecule has 0 saturated heterocycles. The fourth-order valence-corrected chi connectivity index (χ4v) is 3.00. The topological polar surface area (TPSA) is 26.0 Å². The standard InChI is InChI=1S/C14H15N/c1-8(2)13-10-6-7-11(13)14-9(10)4-3-5-12(14)15/h3-7,10-11H,15H2,1-2H3/t10-,11-/m0/s1. The molecule has 0 heterocycles. The van der Waals surface area contributed by atoms with Crippen molar-refractivity contribution in [1.82, 2.24) is 0 Å². The SMILES string of the molecule is CC(C)=C1[C@H]2C=C[C@@H]1c1c(N)cccc12. The monoisotopic (exact) mass is 197 g/mol. The maximum atomic E-state index is 6.06. The Labute approximate surface area is 90.3 Å². The van der Waals surface area contributed by atoms with E-state index in [1.807, 2.05) is 6.07 Å². The van der Waals surface area contributed by atoms with Gasteiger partial charge in [0.15, 0.2) is 0 Å². The minimum Gasteiger partial charge on any atom is -0.398 e. The lowest BCUT2D eigenvalue weighted by molar-refractivity contribution is 0.993. The van der Waals surface area contributed by atoms with Gasteiger partial charge >= 0.3 is 0 Å². The van der Waals surface area contributed by atoms with E-state index in [1.54, 1.807) is 5.57 Å². The van der Waals surface area contributed by atoms with Crippen molar-refractivity contribution in [2.24, 2.45) is 0 Å². The molecule has 2 N–H and O–H groups in total. The molecule has 76 valence electrons. The van der Waals surface area contributed by atoms with Crippen LogP contribution in [0.25, 0.3) is 0 Å². The Morgan fingerprint density at radius 3 is 2.53 bits per heavy atom. The molecule has 0 fully saturated rings. The highest BCUT2D eigenvalue weighted by Gasteiger charge is 2.38. The predicted octanol–water partition coefficient (Wildman–Crippen LogP) is 3.36. The Morgan fingerprint density at radius 2 is 1.87 bits per heavy atom. The molecule has 0 unspecified atom stereocenters. The average molecular weight is 197 g/mol. The zero-order valence-electron chi connectivity index (χ0n) is 9.12. The summed E-state index contributed by atoms with van der Waals surface area (Å²) in [5, 5.41) is 0. The smallest absolute Gasteiger partial charge is 0.0359 e. The Morgan fingerprint density at radius 1 is 1.13 bits per heavy atom.